The van der Waals surface area contributed by atoms with E-state index in [0.29, 0.717) is 17.0 Å². The molecule has 1 amide bonds. The quantitative estimate of drug-likeness (QED) is 0.561. The van der Waals surface area contributed by atoms with Gasteiger partial charge in [-0.2, -0.15) is 48.3 Å². The number of alkyl halides is 11. The predicted molar refractivity (Wildman–Crippen MR) is 92.2 cm³/mol. The van der Waals surface area contributed by atoms with Gasteiger partial charge in [-0.05, 0) is 17.7 Å². The molecular formula is C18H15F11N2O4. The number of carboxylic acids is 1. The second kappa shape index (κ2) is 9.66. The van der Waals surface area contributed by atoms with E-state index in [1.165, 1.54) is 4.90 Å². The number of piperazine rings is 1. The van der Waals surface area contributed by atoms with Crippen LogP contribution in [-0.4, -0.2) is 71.6 Å². The molecule has 0 bridgehead atoms. The van der Waals surface area contributed by atoms with Crippen molar-refractivity contribution in [1.29, 1.82) is 0 Å². The molecule has 0 saturated carbocycles. The SMILES string of the molecule is O=C(OC(C(F)(F)F)C(F)(F)F)N1CCN(Cc2ccc(C(F)(F)F)cc2C(F)(F)C(=O)O)CC1. The Morgan fingerprint density at radius 2 is 1.40 bits per heavy atom. The third-order valence-corrected chi connectivity index (χ3v) is 4.88. The summed E-state index contributed by atoms with van der Waals surface area (Å²) >= 11 is 0. The molecule has 1 saturated heterocycles. The molecule has 0 spiro atoms. The predicted octanol–water partition coefficient (Wildman–Crippen LogP) is 4.63. The van der Waals surface area contributed by atoms with E-state index in [4.69, 9.17) is 5.11 Å². The van der Waals surface area contributed by atoms with Crippen molar-refractivity contribution in [2.75, 3.05) is 26.2 Å². The van der Waals surface area contributed by atoms with Crippen molar-refractivity contribution >= 4 is 12.1 Å². The molecular weight excluding hydrogens is 517 g/mol. The Morgan fingerprint density at radius 3 is 1.83 bits per heavy atom. The second-order valence-electron chi connectivity index (χ2n) is 7.36. The number of carbonyl (C=O) groups is 2. The lowest BCUT2D eigenvalue weighted by molar-refractivity contribution is -0.308. The molecule has 1 heterocycles. The van der Waals surface area contributed by atoms with Gasteiger partial charge in [0.05, 0.1) is 5.56 Å². The van der Waals surface area contributed by atoms with Gasteiger partial charge in [-0.15, -0.1) is 0 Å². The second-order valence-corrected chi connectivity index (χ2v) is 7.36. The van der Waals surface area contributed by atoms with Gasteiger partial charge in [0.2, 0.25) is 0 Å². The highest BCUT2D eigenvalue weighted by Crippen LogP contribution is 2.38. The molecule has 17 heteroatoms. The number of halogens is 11. The van der Waals surface area contributed by atoms with Gasteiger partial charge in [0, 0.05) is 38.3 Å². The zero-order valence-electron chi connectivity index (χ0n) is 17.1. The molecule has 2 rings (SSSR count). The molecule has 0 unspecified atom stereocenters. The maximum atomic E-state index is 14.1. The summed E-state index contributed by atoms with van der Waals surface area (Å²) in [6.45, 7) is -2.18. The first-order valence-corrected chi connectivity index (χ1v) is 9.37. The molecule has 1 aromatic carbocycles. The van der Waals surface area contributed by atoms with Gasteiger partial charge in [0.25, 0.3) is 6.10 Å². The van der Waals surface area contributed by atoms with Crippen LogP contribution in [0.5, 0.6) is 0 Å². The average Bonchev–Trinajstić information content (AvgIpc) is 2.70. The number of rotatable bonds is 5. The van der Waals surface area contributed by atoms with E-state index in [0.717, 1.165) is 0 Å². The highest BCUT2D eigenvalue weighted by atomic mass is 19.4. The van der Waals surface area contributed by atoms with Crippen LogP contribution >= 0.6 is 0 Å². The first-order valence-electron chi connectivity index (χ1n) is 9.37. The molecule has 1 aromatic rings. The van der Waals surface area contributed by atoms with Crippen molar-refractivity contribution in [3.63, 3.8) is 0 Å². The molecule has 0 aliphatic carbocycles. The van der Waals surface area contributed by atoms with Crippen LogP contribution in [0.4, 0.5) is 53.1 Å². The molecule has 1 fully saturated rings. The largest absolute Gasteiger partial charge is 0.477 e. The third-order valence-electron chi connectivity index (χ3n) is 4.88. The molecule has 0 radical (unpaired) electrons. The van der Waals surface area contributed by atoms with Crippen molar-refractivity contribution in [3.8, 4) is 0 Å². The first kappa shape index (κ1) is 28.4. The van der Waals surface area contributed by atoms with E-state index >= 15 is 0 Å². The van der Waals surface area contributed by atoms with Crippen LogP contribution in [0.25, 0.3) is 0 Å². The van der Waals surface area contributed by atoms with Gasteiger partial charge in [-0.25, -0.2) is 9.59 Å². The van der Waals surface area contributed by atoms with Crippen LogP contribution in [0.2, 0.25) is 0 Å². The number of ether oxygens (including phenoxy) is 1. The molecule has 1 aliphatic rings. The Morgan fingerprint density at radius 1 is 0.886 bits per heavy atom. The van der Waals surface area contributed by atoms with E-state index in [-0.39, 0.29) is 19.2 Å². The minimum absolute atomic E-state index is 0.0223. The zero-order chi connectivity index (χ0) is 27.0. The van der Waals surface area contributed by atoms with Gasteiger partial charge in [-0.3, -0.25) is 4.90 Å². The number of benzene rings is 1. The van der Waals surface area contributed by atoms with Crippen LogP contribution in [0.1, 0.15) is 16.7 Å². The van der Waals surface area contributed by atoms with Crippen molar-refractivity contribution in [2.45, 2.75) is 37.1 Å². The number of hydrogen-bond acceptors (Lipinski definition) is 4. The minimum Gasteiger partial charge on any atom is -0.477 e. The average molecular weight is 532 g/mol. The first-order chi connectivity index (χ1) is 15.7. The summed E-state index contributed by atoms with van der Waals surface area (Å²) in [5, 5.41) is 8.74. The monoisotopic (exact) mass is 532 g/mol. The Hall–Kier alpha value is -2.85. The Balaban J connectivity index is 2.14. The van der Waals surface area contributed by atoms with E-state index in [1.807, 2.05) is 0 Å². The highest BCUT2D eigenvalue weighted by Gasteiger charge is 2.60. The number of aliphatic carboxylic acids is 1. The summed E-state index contributed by atoms with van der Waals surface area (Å²) in [6.07, 6.45) is -23.2. The van der Waals surface area contributed by atoms with Gasteiger partial charge in [-0.1, -0.05) is 6.07 Å². The lowest BCUT2D eigenvalue weighted by Gasteiger charge is -2.35. The van der Waals surface area contributed by atoms with Crippen LogP contribution in [0.3, 0.4) is 0 Å². The van der Waals surface area contributed by atoms with E-state index in [1.54, 1.807) is 0 Å². The van der Waals surface area contributed by atoms with Crippen LogP contribution in [-0.2, 0) is 28.2 Å². The fourth-order valence-corrected chi connectivity index (χ4v) is 3.12. The van der Waals surface area contributed by atoms with Crippen LogP contribution in [0.15, 0.2) is 18.2 Å². The fraction of sp³-hybridized carbons (Fsp3) is 0.556. The number of carboxylic acid groups (broad SMARTS) is 1. The van der Waals surface area contributed by atoms with Gasteiger partial charge >= 0.3 is 36.5 Å². The highest BCUT2D eigenvalue weighted by molar-refractivity contribution is 5.78. The summed E-state index contributed by atoms with van der Waals surface area (Å²) in [6, 6.07) is 1.05. The van der Waals surface area contributed by atoms with Crippen molar-refractivity contribution in [2.24, 2.45) is 0 Å². The fourth-order valence-electron chi connectivity index (χ4n) is 3.12. The van der Waals surface area contributed by atoms with Crippen molar-refractivity contribution < 1.29 is 67.7 Å². The Labute approximate surface area is 188 Å². The summed E-state index contributed by atoms with van der Waals surface area (Å²) in [5.74, 6) is -7.42. The molecule has 198 valence electrons. The summed E-state index contributed by atoms with van der Waals surface area (Å²) < 4.78 is 146. The Bertz CT molecular complexity index is 922. The third kappa shape index (κ3) is 6.85. The van der Waals surface area contributed by atoms with E-state index in [2.05, 4.69) is 4.74 Å². The lowest BCUT2D eigenvalue weighted by Crippen LogP contribution is -2.52. The van der Waals surface area contributed by atoms with E-state index < -0.39 is 78.9 Å². The number of carbonyl (C=O) groups excluding carboxylic acids is 1. The summed E-state index contributed by atoms with van der Waals surface area (Å²) in [7, 11) is 0. The van der Waals surface area contributed by atoms with Crippen molar-refractivity contribution in [3.05, 3.63) is 34.9 Å². The number of amides is 1. The maximum Gasteiger partial charge on any atom is 0.434 e. The smallest absolute Gasteiger partial charge is 0.434 e. The van der Waals surface area contributed by atoms with Gasteiger partial charge in [0.1, 0.15) is 0 Å². The molecule has 1 N–H and O–H groups in total. The number of hydrogen-bond donors (Lipinski definition) is 1. The van der Waals surface area contributed by atoms with E-state index in [9.17, 15) is 57.9 Å². The number of nitrogens with zero attached hydrogens (tertiary/aromatic N) is 2. The summed E-state index contributed by atoms with van der Waals surface area (Å²) in [5.41, 5.74) is -3.50. The van der Waals surface area contributed by atoms with Crippen LogP contribution < -0.4 is 0 Å². The molecule has 0 atom stereocenters. The summed E-state index contributed by atoms with van der Waals surface area (Å²) in [4.78, 5) is 24.4. The topological polar surface area (TPSA) is 70.1 Å². The molecule has 6 nitrogen and oxygen atoms in total. The normalized spacial score (nSPS) is 16.5. The zero-order valence-corrected chi connectivity index (χ0v) is 17.1. The maximum absolute atomic E-state index is 14.1. The standard InChI is InChI=1S/C18H15F11N2O4/c19-15(20,13(32)33)11-7-10(16(21,22)23)2-1-9(11)8-30-3-5-31(6-4-30)14(34)35-12(17(24,25)26)18(27,28)29/h1-2,7,12H,3-6,8H2,(H,32,33). The van der Waals surface area contributed by atoms with Gasteiger partial charge in [0.15, 0.2) is 0 Å². The minimum atomic E-state index is -5.93. The lowest BCUT2D eigenvalue weighted by atomic mass is 9.97. The molecule has 1 aliphatic heterocycles. The van der Waals surface area contributed by atoms with Crippen molar-refractivity contribution in [1.82, 2.24) is 9.80 Å². The Kier molecular flexibility index (Phi) is 7.83. The van der Waals surface area contributed by atoms with Crippen LogP contribution in [0, 0.1) is 0 Å². The molecule has 0 aromatic heterocycles. The molecule has 35 heavy (non-hydrogen) atoms. The van der Waals surface area contributed by atoms with Gasteiger partial charge < -0.3 is 14.7 Å².